The average Bonchev–Trinajstić information content (AvgIpc) is 2.25. The first kappa shape index (κ1) is 16.1. The quantitative estimate of drug-likeness (QED) is 0.670. The minimum Gasteiger partial charge on any atom is -0.507 e. The number of halogens is 6. The summed E-state index contributed by atoms with van der Waals surface area (Å²) in [5.74, 6) is -2.95. The fraction of sp³-hybridized carbons (Fsp3) is 0.364. The Kier molecular flexibility index (Phi) is 4.21. The summed E-state index contributed by atoms with van der Waals surface area (Å²) >= 11 is 0. The lowest BCUT2D eigenvalue weighted by Gasteiger charge is -2.16. The summed E-state index contributed by atoms with van der Waals surface area (Å²) < 4.78 is 79.8. The van der Waals surface area contributed by atoms with Gasteiger partial charge in [0.15, 0.2) is 0 Å². The van der Waals surface area contributed by atoms with Crippen molar-refractivity contribution >= 4 is 5.97 Å². The third-order valence-corrected chi connectivity index (χ3v) is 2.24. The van der Waals surface area contributed by atoms with Crippen molar-refractivity contribution in [2.45, 2.75) is 19.3 Å². The zero-order valence-electron chi connectivity index (χ0n) is 9.89. The molecule has 9 heteroatoms. The average molecular weight is 302 g/mol. The van der Waals surface area contributed by atoms with Gasteiger partial charge < -0.3 is 9.84 Å². The number of benzene rings is 1. The summed E-state index contributed by atoms with van der Waals surface area (Å²) in [6.07, 6.45) is -10.4. The Hall–Kier alpha value is -1.93. The molecule has 0 aromatic heterocycles. The van der Waals surface area contributed by atoms with Crippen LogP contribution in [0.25, 0.3) is 0 Å². The molecule has 1 N–H and O–H groups in total. The molecule has 1 aromatic carbocycles. The molecule has 0 aliphatic rings. The maximum Gasteiger partial charge on any atom is 0.419 e. The van der Waals surface area contributed by atoms with Crippen molar-refractivity contribution in [3.8, 4) is 5.75 Å². The number of hydrogen-bond donors (Lipinski definition) is 1. The van der Waals surface area contributed by atoms with Crippen LogP contribution < -0.4 is 0 Å². The summed E-state index contributed by atoms with van der Waals surface area (Å²) in [6.45, 7) is 1.05. The summed E-state index contributed by atoms with van der Waals surface area (Å²) in [5, 5.41) is 9.14. The van der Waals surface area contributed by atoms with Crippen LogP contribution in [0.15, 0.2) is 12.1 Å². The van der Waals surface area contributed by atoms with E-state index in [0.717, 1.165) is 0 Å². The highest BCUT2D eigenvalue weighted by molar-refractivity contribution is 5.92. The minimum atomic E-state index is -5.20. The first-order valence-corrected chi connectivity index (χ1v) is 5.17. The van der Waals surface area contributed by atoms with E-state index >= 15 is 0 Å². The van der Waals surface area contributed by atoms with Crippen LogP contribution in [0.3, 0.4) is 0 Å². The largest absolute Gasteiger partial charge is 0.507 e. The second-order valence-corrected chi connectivity index (χ2v) is 3.63. The zero-order chi connectivity index (χ0) is 15.7. The molecule has 0 spiro atoms. The first-order valence-electron chi connectivity index (χ1n) is 5.17. The van der Waals surface area contributed by atoms with Crippen LogP contribution in [0.4, 0.5) is 26.3 Å². The maximum atomic E-state index is 12.7. The van der Waals surface area contributed by atoms with Gasteiger partial charge in [0.05, 0.1) is 23.3 Å². The van der Waals surface area contributed by atoms with Gasteiger partial charge in [-0.3, -0.25) is 0 Å². The van der Waals surface area contributed by atoms with Crippen LogP contribution in [0.1, 0.15) is 28.4 Å². The molecule has 0 aliphatic carbocycles. The van der Waals surface area contributed by atoms with Crippen molar-refractivity contribution in [3.05, 3.63) is 28.8 Å². The SMILES string of the molecule is CCOC(=O)c1cc(O)c(C(F)(F)F)cc1C(F)(F)F. The van der Waals surface area contributed by atoms with E-state index in [2.05, 4.69) is 4.74 Å². The smallest absolute Gasteiger partial charge is 0.419 e. The highest BCUT2D eigenvalue weighted by Gasteiger charge is 2.41. The summed E-state index contributed by atoms with van der Waals surface area (Å²) in [6, 6.07) is -0.217. The van der Waals surface area contributed by atoms with Crippen LogP contribution in [0.2, 0.25) is 0 Å². The van der Waals surface area contributed by atoms with Gasteiger partial charge in [-0.2, -0.15) is 26.3 Å². The normalized spacial score (nSPS) is 12.3. The van der Waals surface area contributed by atoms with Crippen molar-refractivity contribution in [2.24, 2.45) is 0 Å². The Morgan fingerprint density at radius 3 is 2.00 bits per heavy atom. The molecule has 112 valence electrons. The van der Waals surface area contributed by atoms with E-state index in [4.69, 9.17) is 5.11 Å². The monoisotopic (exact) mass is 302 g/mol. The molecule has 0 heterocycles. The number of alkyl halides is 6. The van der Waals surface area contributed by atoms with E-state index in [-0.39, 0.29) is 18.7 Å². The van der Waals surface area contributed by atoms with Gasteiger partial charge in [-0.05, 0) is 19.1 Å². The number of hydrogen-bond acceptors (Lipinski definition) is 3. The van der Waals surface area contributed by atoms with Gasteiger partial charge in [0.25, 0.3) is 0 Å². The number of carbonyl (C=O) groups excluding carboxylic acids is 1. The Morgan fingerprint density at radius 1 is 1.10 bits per heavy atom. The first-order chi connectivity index (χ1) is 8.98. The fourth-order valence-electron chi connectivity index (χ4n) is 1.43. The third-order valence-electron chi connectivity index (χ3n) is 2.24. The Bertz CT molecular complexity index is 518. The molecule has 0 fully saturated rings. The second-order valence-electron chi connectivity index (χ2n) is 3.63. The second kappa shape index (κ2) is 5.22. The lowest BCUT2D eigenvalue weighted by Crippen LogP contribution is -2.17. The molecule has 0 radical (unpaired) electrons. The molecular weight excluding hydrogens is 294 g/mol. The number of aromatic hydroxyl groups is 1. The topological polar surface area (TPSA) is 46.5 Å². The van der Waals surface area contributed by atoms with Crippen molar-refractivity contribution < 1.29 is 41.0 Å². The molecule has 0 atom stereocenters. The molecule has 1 aromatic rings. The molecular formula is C11H8F6O3. The number of rotatable bonds is 2. The molecule has 0 saturated heterocycles. The van der Waals surface area contributed by atoms with E-state index in [1.807, 2.05) is 0 Å². The molecule has 0 aliphatic heterocycles. The molecule has 0 amide bonds. The van der Waals surface area contributed by atoms with Crippen LogP contribution in [0.5, 0.6) is 5.75 Å². The number of carbonyl (C=O) groups is 1. The summed E-state index contributed by atoms with van der Waals surface area (Å²) in [5.41, 5.74) is -4.87. The molecule has 3 nitrogen and oxygen atoms in total. The van der Waals surface area contributed by atoms with Gasteiger partial charge in [-0.25, -0.2) is 4.79 Å². The molecule has 0 bridgehead atoms. The van der Waals surface area contributed by atoms with Gasteiger partial charge in [0, 0.05) is 0 Å². The van der Waals surface area contributed by atoms with E-state index < -0.39 is 40.8 Å². The van der Waals surface area contributed by atoms with Gasteiger partial charge in [-0.1, -0.05) is 0 Å². The summed E-state index contributed by atoms with van der Waals surface area (Å²) in [4.78, 5) is 11.3. The predicted octanol–water partition coefficient (Wildman–Crippen LogP) is 3.61. The van der Waals surface area contributed by atoms with Crippen molar-refractivity contribution in [2.75, 3.05) is 6.61 Å². The van der Waals surface area contributed by atoms with Crippen LogP contribution >= 0.6 is 0 Å². The predicted molar refractivity (Wildman–Crippen MR) is 54.1 cm³/mol. The number of esters is 1. The lowest BCUT2D eigenvalue weighted by molar-refractivity contribution is -0.144. The molecule has 20 heavy (non-hydrogen) atoms. The highest BCUT2D eigenvalue weighted by atomic mass is 19.4. The van der Waals surface area contributed by atoms with Crippen molar-refractivity contribution in [3.63, 3.8) is 0 Å². The van der Waals surface area contributed by atoms with E-state index in [0.29, 0.717) is 0 Å². The standard InChI is InChI=1S/C11H8F6O3/c1-2-20-9(19)5-3-8(18)7(11(15,16)17)4-6(5)10(12,13)14/h3-4,18H,2H2,1H3. The third kappa shape index (κ3) is 3.34. The van der Waals surface area contributed by atoms with Crippen LogP contribution in [-0.4, -0.2) is 17.7 Å². The summed E-state index contributed by atoms with van der Waals surface area (Å²) in [7, 11) is 0. The van der Waals surface area contributed by atoms with Gasteiger partial charge >= 0.3 is 18.3 Å². The van der Waals surface area contributed by atoms with Gasteiger partial charge in [-0.15, -0.1) is 0 Å². The fourth-order valence-corrected chi connectivity index (χ4v) is 1.43. The minimum absolute atomic E-state index is 0.101. The van der Waals surface area contributed by atoms with Crippen molar-refractivity contribution in [1.82, 2.24) is 0 Å². The van der Waals surface area contributed by atoms with Gasteiger partial charge in [0.1, 0.15) is 5.75 Å². The van der Waals surface area contributed by atoms with Gasteiger partial charge in [0.2, 0.25) is 0 Å². The highest BCUT2D eigenvalue weighted by Crippen LogP contribution is 2.41. The molecule has 0 saturated carbocycles. The Morgan fingerprint density at radius 2 is 1.60 bits per heavy atom. The van der Waals surface area contributed by atoms with Crippen molar-refractivity contribution in [1.29, 1.82) is 0 Å². The molecule has 0 unspecified atom stereocenters. The van der Waals surface area contributed by atoms with Crippen LogP contribution in [-0.2, 0) is 17.1 Å². The number of ether oxygens (including phenoxy) is 1. The van der Waals surface area contributed by atoms with Crippen LogP contribution in [0, 0.1) is 0 Å². The van der Waals surface area contributed by atoms with E-state index in [1.165, 1.54) is 6.92 Å². The Labute approximate surface area is 108 Å². The van der Waals surface area contributed by atoms with E-state index in [9.17, 15) is 31.1 Å². The van der Waals surface area contributed by atoms with E-state index in [1.54, 1.807) is 0 Å². The number of phenols is 1. The zero-order valence-corrected chi connectivity index (χ0v) is 9.89. The Balaban J connectivity index is 3.54. The maximum absolute atomic E-state index is 12.7. The molecule has 1 rings (SSSR count). The lowest BCUT2D eigenvalue weighted by atomic mass is 10.0. The number of phenolic OH excluding ortho intramolecular Hbond substituents is 1.